The van der Waals surface area contributed by atoms with E-state index in [4.69, 9.17) is 10.1 Å². The summed E-state index contributed by atoms with van der Waals surface area (Å²) in [6.07, 6.45) is 0.913. The Morgan fingerprint density at radius 2 is 1.33 bits per heavy atom. The molecule has 0 aliphatic heterocycles. The van der Waals surface area contributed by atoms with Crippen LogP contribution in [0.3, 0.4) is 0 Å². The topological polar surface area (TPSA) is 47.8 Å². The smallest absolute Gasteiger partial charge is 0.164 e. The van der Waals surface area contributed by atoms with E-state index >= 15 is 0 Å². The minimum atomic E-state index is 0.579. The number of carbonyl (C=O) groups excluding carboxylic acids is 1. The minimum absolute atomic E-state index is 0.579. The van der Waals surface area contributed by atoms with Crippen molar-refractivity contribution in [3.63, 3.8) is 0 Å². The zero-order valence-electron chi connectivity index (χ0n) is 16.5. The maximum absolute atomic E-state index is 12.4. The van der Waals surface area contributed by atoms with Crippen molar-refractivity contribution in [2.45, 2.75) is 6.92 Å². The van der Waals surface area contributed by atoms with Gasteiger partial charge in [0.15, 0.2) is 11.9 Å². The second kappa shape index (κ2) is 7.41. The van der Waals surface area contributed by atoms with Crippen LogP contribution in [0.25, 0.3) is 39.1 Å². The van der Waals surface area contributed by atoms with Gasteiger partial charge in [0.2, 0.25) is 0 Å². The van der Waals surface area contributed by atoms with Crippen molar-refractivity contribution in [1.29, 1.82) is 0 Å². The molecule has 2 heterocycles. The highest BCUT2D eigenvalue weighted by molar-refractivity contribution is 6.07. The fourth-order valence-corrected chi connectivity index (χ4v) is 3.91. The van der Waals surface area contributed by atoms with Crippen LogP contribution in [0.4, 0.5) is 0 Å². The van der Waals surface area contributed by atoms with Gasteiger partial charge in [-0.1, -0.05) is 78.9 Å². The maximum Gasteiger partial charge on any atom is 0.164 e. The lowest BCUT2D eigenvalue weighted by molar-refractivity contribution is 0.112. The number of aldehydes is 1. The quantitative estimate of drug-likeness (QED) is 0.361. The van der Waals surface area contributed by atoms with Crippen molar-refractivity contribution < 1.29 is 4.79 Å². The SMILES string of the molecule is Cc1nn(-c2ccccc2)c2nc(-c3ccccc3)c(C=O)c(-c3ccccc3)c12. The number of nitrogens with zero attached hydrogens (tertiary/aromatic N) is 3. The number of hydrogen-bond acceptors (Lipinski definition) is 3. The van der Waals surface area contributed by atoms with E-state index in [0.717, 1.165) is 45.4 Å². The standard InChI is InChI=1S/C26H19N3O/c1-18-23-24(19-11-5-2-6-12-19)22(17-30)25(20-13-7-3-8-14-20)27-26(23)29(28-18)21-15-9-4-10-16-21/h2-17H,1H3. The van der Waals surface area contributed by atoms with Gasteiger partial charge >= 0.3 is 0 Å². The molecule has 0 aliphatic carbocycles. The summed E-state index contributed by atoms with van der Waals surface area (Å²) < 4.78 is 1.86. The molecule has 5 aromatic rings. The monoisotopic (exact) mass is 389 g/mol. The molecular formula is C26H19N3O. The number of hydrogen-bond donors (Lipinski definition) is 0. The molecule has 0 fully saturated rings. The largest absolute Gasteiger partial charge is 0.298 e. The van der Waals surface area contributed by atoms with Gasteiger partial charge in [0, 0.05) is 16.7 Å². The molecule has 0 saturated carbocycles. The van der Waals surface area contributed by atoms with Crippen LogP contribution >= 0.6 is 0 Å². The lowest BCUT2D eigenvalue weighted by atomic mass is 9.93. The summed E-state index contributed by atoms with van der Waals surface area (Å²) in [5, 5.41) is 5.69. The van der Waals surface area contributed by atoms with E-state index in [2.05, 4.69) is 0 Å². The first kappa shape index (κ1) is 18.0. The molecule has 0 atom stereocenters. The summed E-state index contributed by atoms with van der Waals surface area (Å²) in [6, 6.07) is 29.8. The molecule has 0 unspecified atom stereocenters. The van der Waals surface area contributed by atoms with Crippen molar-refractivity contribution in [3.05, 3.63) is 102 Å². The van der Waals surface area contributed by atoms with Gasteiger partial charge in [0.05, 0.1) is 22.5 Å². The summed E-state index contributed by atoms with van der Waals surface area (Å²) in [5.41, 5.74) is 6.49. The van der Waals surface area contributed by atoms with Crippen LogP contribution in [0, 0.1) is 6.92 Å². The molecule has 0 radical (unpaired) electrons. The number of para-hydroxylation sites is 1. The third kappa shape index (κ3) is 2.90. The molecule has 0 bridgehead atoms. The third-order valence-electron chi connectivity index (χ3n) is 5.26. The van der Waals surface area contributed by atoms with Gasteiger partial charge < -0.3 is 0 Å². The highest BCUT2D eigenvalue weighted by Gasteiger charge is 2.22. The fraction of sp³-hybridized carbons (Fsp3) is 0.0385. The van der Waals surface area contributed by atoms with Crippen LogP contribution in [0.2, 0.25) is 0 Å². The molecule has 5 rings (SSSR count). The molecule has 0 spiro atoms. The van der Waals surface area contributed by atoms with Gasteiger partial charge in [0.25, 0.3) is 0 Å². The first-order valence-corrected chi connectivity index (χ1v) is 9.82. The lowest BCUT2D eigenvalue weighted by Gasteiger charge is -2.13. The molecule has 144 valence electrons. The first-order valence-electron chi connectivity index (χ1n) is 9.82. The molecule has 0 aliphatic rings. The van der Waals surface area contributed by atoms with Crippen LogP contribution in [0.1, 0.15) is 16.1 Å². The lowest BCUT2D eigenvalue weighted by Crippen LogP contribution is -2.02. The molecule has 3 aromatic carbocycles. The Kier molecular flexibility index (Phi) is 4.45. The number of benzene rings is 3. The fourth-order valence-electron chi connectivity index (χ4n) is 3.91. The van der Waals surface area contributed by atoms with Crippen molar-refractivity contribution in [2.75, 3.05) is 0 Å². The van der Waals surface area contributed by atoms with Crippen LogP contribution in [-0.4, -0.2) is 21.1 Å². The van der Waals surface area contributed by atoms with Crippen LogP contribution in [-0.2, 0) is 0 Å². The summed E-state index contributed by atoms with van der Waals surface area (Å²) in [6.45, 7) is 1.96. The predicted molar refractivity (Wildman–Crippen MR) is 120 cm³/mol. The summed E-state index contributed by atoms with van der Waals surface area (Å²) in [7, 11) is 0. The number of aryl methyl sites for hydroxylation is 1. The molecule has 0 N–H and O–H groups in total. The van der Waals surface area contributed by atoms with Crippen LogP contribution in [0.15, 0.2) is 91.0 Å². The molecule has 2 aromatic heterocycles. The van der Waals surface area contributed by atoms with E-state index < -0.39 is 0 Å². The van der Waals surface area contributed by atoms with Gasteiger partial charge in [-0.2, -0.15) is 5.10 Å². The van der Waals surface area contributed by atoms with E-state index in [1.54, 1.807) is 0 Å². The number of rotatable bonds is 4. The van der Waals surface area contributed by atoms with Crippen molar-refractivity contribution in [3.8, 4) is 28.1 Å². The zero-order chi connectivity index (χ0) is 20.5. The second-order valence-electron chi connectivity index (χ2n) is 7.13. The Hall–Kier alpha value is -4.05. The van der Waals surface area contributed by atoms with Crippen molar-refractivity contribution in [1.82, 2.24) is 14.8 Å². The average Bonchev–Trinajstić information content (AvgIpc) is 3.15. The minimum Gasteiger partial charge on any atom is -0.298 e. The van der Waals surface area contributed by atoms with Gasteiger partial charge in [-0.15, -0.1) is 0 Å². The van der Waals surface area contributed by atoms with Gasteiger partial charge in [-0.3, -0.25) is 4.79 Å². The Labute approximate surface area is 174 Å². The Balaban J connectivity index is 1.95. The van der Waals surface area contributed by atoms with Gasteiger partial charge in [-0.25, -0.2) is 9.67 Å². The molecule has 30 heavy (non-hydrogen) atoms. The Bertz CT molecular complexity index is 1340. The number of fused-ring (bicyclic) bond motifs is 1. The molecule has 4 heteroatoms. The zero-order valence-corrected chi connectivity index (χ0v) is 16.5. The maximum atomic E-state index is 12.4. The molecular weight excluding hydrogens is 370 g/mol. The third-order valence-corrected chi connectivity index (χ3v) is 5.26. The summed E-state index contributed by atoms with van der Waals surface area (Å²) >= 11 is 0. The van der Waals surface area contributed by atoms with E-state index in [1.165, 1.54) is 0 Å². The predicted octanol–water partition coefficient (Wildman–Crippen LogP) is 5.88. The van der Waals surface area contributed by atoms with E-state index in [0.29, 0.717) is 11.3 Å². The highest BCUT2D eigenvalue weighted by atomic mass is 16.1. The van der Waals surface area contributed by atoms with Crippen molar-refractivity contribution >= 4 is 17.3 Å². The van der Waals surface area contributed by atoms with Crippen molar-refractivity contribution in [2.24, 2.45) is 0 Å². The van der Waals surface area contributed by atoms with Crippen LogP contribution < -0.4 is 0 Å². The van der Waals surface area contributed by atoms with Crippen LogP contribution in [0.5, 0.6) is 0 Å². The second-order valence-corrected chi connectivity index (χ2v) is 7.13. The average molecular weight is 389 g/mol. The summed E-state index contributed by atoms with van der Waals surface area (Å²) in [4.78, 5) is 17.3. The molecule has 4 nitrogen and oxygen atoms in total. The Morgan fingerprint density at radius 3 is 1.93 bits per heavy atom. The van der Waals surface area contributed by atoms with E-state index in [9.17, 15) is 4.79 Å². The highest BCUT2D eigenvalue weighted by Crippen LogP contribution is 2.38. The van der Waals surface area contributed by atoms with E-state index in [-0.39, 0.29) is 0 Å². The van der Waals surface area contributed by atoms with Gasteiger partial charge in [0.1, 0.15) is 0 Å². The number of aromatic nitrogens is 3. The normalized spacial score (nSPS) is 11.0. The first-order chi connectivity index (χ1) is 14.8. The molecule has 0 saturated heterocycles. The number of pyridine rings is 1. The van der Waals surface area contributed by atoms with E-state index in [1.807, 2.05) is 103 Å². The van der Waals surface area contributed by atoms with Gasteiger partial charge in [-0.05, 0) is 24.6 Å². The molecule has 0 amide bonds. The Morgan fingerprint density at radius 1 is 0.767 bits per heavy atom. The summed E-state index contributed by atoms with van der Waals surface area (Å²) in [5.74, 6) is 0. The number of carbonyl (C=O) groups is 1.